The van der Waals surface area contributed by atoms with Crippen molar-refractivity contribution in [3.8, 4) is 0 Å². The Hall–Kier alpha value is -2.41. The minimum atomic E-state index is -0.848. The van der Waals surface area contributed by atoms with Crippen LogP contribution in [0.15, 0.2) is 24.3 Å². The number of amides is 3. The number of benzene rings is 1. The highest BCUT2D eigenvalue weighted by Crippen LogP contribution is 2.16. The topological polar surface area (TPSA) is 79.0 Å². The summed E-state index contributed by atoms with van der Waals surface area (Å²) in [6.45, 7) is 5.05. The number of carbonyl (C=O) groups excluding carboxylic acids is 3. The van der Waals surface area contributed by atoms with E-state index in [1.165, 1.54) is 12.7 Å². The van der Waals surface area contributed by atoms with Crippen molar-refractivity contribution in [2.45, 2.75) is 38.8 Å². The van der Waals surface area contributed by atoms with E-state index in [9.17, 15) is 14.4 Å². The molecule has 0 bridgehead atoms. The van der Waals surface area contributed by atoms with E-state index in [1.54, 1.807) is 0 Å². The van der Waals surface area contributed by atoms with Gasteiger partial charge in [-0.15, -0.1) is 0 Å². The van der Waals surface area contributed by atoms with Gasteiger partial charge in [0.2, 0.25) is 0 Å². The number of imide groups is 1. The largest absolute Gasteiger partial charge is 0.469 e. The SMILES string of the molecule is COC(=O)C[C@@H]1NC(=O)N(CN(C)Cc2ccc(C(C)C)cc2)C1=O. The number of urea groups is 1. The fourth-order valence-corrected chi connectivity index (χ4v) is 2.71. The molecule has 1 fully saturated rings. The van der Waals surface area contributed by atoms with Crippen LogP contribution >= 0.6 is 0 Å². The maximum Gasteiger partial charge on any atom is 0.325 e. The third-order valence-corrected chi connectivity index (χ3v) is 4.19. The highest BCUT2D eigenvalue weighted by Gasteiger charge is 2.39. The van der Waals surface area contributed by atoms with Gasteiger partial charge in [-0.2, -0.15) is 0 Å². The molecule has 2 rings (SSSR count). The highest BCUT2D eigenvalue weighted by atomic mass is 16.5. The summed E-state index contributed by atoms with van der Waals surface area (Å²) in [5.74, 6) is -0.457. The van der Waals surface area contributed by atoms with Crippen LogP contribution in [0, 0.1) is 0 Å². The molecule has 1 aliphatic rings. The summed E-state index contributed by atoms with van der Waals surface area (Å²) in [5, 5.41) is 2.52. The summed E-state index contributed by atoms with van der Waals surface area (Å²) in [6.07, 6.45) is -0.155. The number of nitrogens with one attached hydrogen (secondary N) is 1. The molecule has 1 aromatic rings. The zero-order valence-corrected chi connectivity index (χ0v) is 15.1. The van der Waals surface area contributed by atoms with Gasteiger partial charge in [0.25, 0.3) is 5.91 Å². The number of hydrogen-bond acceptors (Lipinski definition) is 5. The van der Waals surface area contributed by atoms with Crippen molar-refractivity contribution in [1.82, 2.24) is 15.1 Å². The second-order valence-electron chi connectivity index (χ2n) is 6.60. The number of carbonyl (C=O) groups is 3. The molecule has 1 heterocycles. The first-order valence-corrected chi connectivity index (χ1v) is 8.28. The Labute approximate surface area is 147 Å². The van der Waals surface area contributed by atoms with Gasteiger partial charge in [-0.05, 0) is 24.1 Å². The molecule has 0 aliphatic carbocycles. The van der Waals surface area contributed by atoms with E-state index >= 15 is 0 Å². The standard InChI is InChI=1S/C18H25N3O4/c1-12(2)14-7-5-13(6-8-14)10-20(3)11-21-17(23)15(19-18(21)24)9-16(22)25-4/h5-8,12,15H,9-11H2,1-4H3,(H,19,24)/t15-/m0/s1. The number of esters is 1. The number of hydrogen-bond donors (Lipinski definition) is 1. The van der Waals surface area contributed by atoms with Crippen LogP contribution in [-0.2, 0) is 20.9 Å². The minimum absolute atomic E-state index is 0.155. The van der Waals surface area contributed by atoms with E-state index in [0.717, 1.165) is 10.5 Å². The molecule has 1 atom stereocenters. The van der Waals surface area contributed by atoms with Gasteiger partial charge in [0.1, 0.15) is 6.04 Å². The zero-order valence-electron chi connectivity index (χ0n) is 15.1. The van der Waals surface area contributed by atoms with E-state index in [0.29, 0.717) is 12.5 Å². The summed E-state index contributed by atoms with van der Waals surface area (Å²) in [5.41, 5.74) is 2.37. The summed E-state index contributed by atoms with van der Waals surface area (Å²) in [6, 6.07) is 6.96. The van der Waals surface area contributed by atoms with Gasteiger partial charge in [-0.1, -0.05) is 38.1 Å². The Balaban J connectivity index is 1.93. The van der Waals surface area contributed by atoms with Gasteiger partial charge in [-0.3, -0.25) is 14.5 Å². The molecule has 3 amide bonds. The molecule has 0 saturated carbocycles. The van der Waals surface area contributed by atoms with Gasteiger partial charge < -0.3 is 10.1 Å². The van der Waals surface area contributed by atoms with E-state index < -0.39 is 23.9 Å². The van der Waals surface area contributed by atoms with Crippen LogP contribution in [0.25, 0.3) is 0 Å². The zero-order chi connectivity index (χ0) is 18.6. The first-order valence-electron chi connectivity index (χ1n) is 8.28. The number of ether oxygens (including phenoxy) is 1. The molecule has 1 aromatic carbocycles. The third kappa shape index (κ3) is 4.79. The lowest BCUT2D eigenvalue weighted by Gasteiger charge is -2.22. The van der Waals surface area contributed by atoms with Crippen molar-refractivity contribution in [2.24, 2.45) is 0 Å². The lowest BCUT2D eigenvalue weighted by atomic mass is 10.0. The summed E-state index contributed by atoms with van der Waals surface area (Å²) >= 11 is 0. The molecule has 1 saturated heterocycles. The van der Waals surface area contributed by atoms with Crippen molar-refractivity contribution in [1.29, 1.82) is 0 Å². The second kappa shape index (κ2) is 8.11. The van der Waals surface area contributed by atoms with Crippen molar-refractivity contribution < 1.29 is 19.1 Å². The van der Waals surface area contributed by atoms with Gasteiger partial charge in [0, 0.05) is 6.54 Å². The fourth-order valence-electron chi connectivity index (χ4n) is 2.71. The normalized spacial score (nSPS) is 17.4. The van der Waals surface area contributed by atoms with E-state index in [1.807, 2.05) is 11.9 Å². The first-order chi connectivity index (χ1) is 11.8. The quantitative estimate of drug-likeness (QED) is 0.600. The van der Waals surface area contributed by atoms with Crippen molar-refractivity contribution >= 4 is 17.9 Å². The van der Waals surface area contributed by atoms with E-state index in [-0.39, 0.29) is 13.1 Å². The molecule has 0 unspecified atom stereocenters. The van der Waals surface area contributed by atoms with Gasteiger partial charge >= 0.3 is 12.0 Å². The summed E-state index contributed by atoms with van der Waals surface area (Å²) < 4.78 is 4.55. The lowest BCUT2D eigenvalue weighted by molar-refractivity contribution is -0.143. The smallest absolute Gasteiger partial charge is 0.325 e. The molecular formula is C18H25N3O4. The molecule has 1 aliphatic heterocycles. The molecule has 0 radical (unpaired) electrons. The Bertz CT molecular complexity index is 642. The summed E-state index contributed by atoms with van der Waals surface area (Å²) in [4.78, 5) is 38.6. The number of methoxy groups -OCH3 is 1. The Morgan fingerprint density at radius 2 is 1.92 bits per heavy atom. The maximum absolute atomic E-state index is 12.3. The monoisotopic (exact) mass is 347 g/mol. The molecule has 7 heteroatoms. The average Bonchev–Trinajstić information content (AvgIpc) is 2.82. The van der Waals surface area contributed by atoms with Crippen LogP contribution in [0.3, 0.4) is 0 Å². The highest BCUT2D eigenvalue weighted by molar-refractivity contribution is 6.05. The van der Waals surface area contributed by atoms with Crippen LogP contribution in [0.5, 0.6) is 0 Å². The predicted octanol–water partition coefficient (Wildman–Crippen LogP) is 1.68. The molecule has 25 heavy (non-hydrogen) atoms. The Morgan fingerprint density at radius 1 is 1.28 bits per heavy atom. The van der Waals surface area contributed by atoms with Crippen LogP contribution in [0.2, 0.25) is 0 Å². The minimum Gasteiger partial charge on any atom is -0.469 e. The van der Waals surface area contributed by atoms with E-state index in [4.69, 9.17) is 0 Å². The maximum atomic E-state index is 12.3. The van der Waals surface area contributed by atoms with E-state index in [2.05, 4.69) is 48.2 Å². The summed E-state index contributed by atoms with van der Waals surface area (Å²) in [7, 11) is 3.09. The molecular weight excluding hydrogens is 322 g/mol. The molecule has 0 aromatic heterocycles. The number of rotatable bonds is 7. The molecule has 7 nitrogen and oxygen atoms in total. The lowest BCUT2D eigenvalue weighted by Crippen LogP contribution is -2.40. The number of nitrogens with zero attached hydrogens (tertiary/aromatic N) is 2. The van der Waals surface area contributed by atoms with Gasteiger partial charge in [-0.25, -0.2) is 9.69 Å². The Kier molecular flexibility index (Phi) is 6.14. The van der Waals surface area contributed by atoms with Crippen molar-refractivity contribution in [3.05, 3.63) is 35.4 Å². The fraction of sp³-hybridized carbons (Fsp3) is 0.500. The van der Waals surface area contributed by atoms with Crippen LogP contribution in [0.4, 0.5) is 4.79 Å². The van der Waals surface area contributed by atoms with Crippen LogP contribution in [0.1, 0.15) is 37.3 Å². The molecule has 0 spiro atoms. The second-order valence-corrected chi connectivity index (χ2v) is 6.60. The van der Waals surface area contributed by atoms with Crippen molar-refractivity contribution in [3.63, 3.8) is 0 Å². The molecule has 1 N–H and O–H groups in total. The van der Waals surface area contributed by atoms with Gasteiger partial charge in [0.05, 0.1) is 20.2 Å². The van der Waals surface area contributed by atoms with Crippen molar-refractivity contribution in [2.75, 3.05) is 20.8 Å². The third-order valence-electron chi connectivity index (χ3n) is 4.19. The predicted molar refractivity (Wildman–Crippen MR) is 92.7 cm³/mol. The van der Waals surface area contributed by atoms with Crippen LogP contribution < -0.4 is 5.32 Å². The molecule has 136 valence electrons. The average molecular weight is 347 g/mol. The van der Waals surface area contributed by atoms with Gasteiger partial charge in [0.15, 0.2) is 0 Å². The van der Waals surface area contributed by atoms with Crippen LogP contribution in [-0.4, -0.2) is 54.6 Å². The Morgan fingerprint density at radius 3 is 2.48 bits per heavy atom. The first kappa shape index (κ1) is 18.9.